The van der Waals surface area contributed by atoms with E-state index in [2.05, 4.69) is 5.32 Å². The molecule has 1 aliphatic rings. The summed E-state index contributed by atoms with van der Waals surface area (Å²) in [6.45, 7) is 4.13. The quantitative estimate of drug-likeness (QED) is 0.902. The predicted molar refractivity (Wildman–Crippen MR) is 78.0 cm³/mol. The smallest absolute Gasteiger partial charge is 0.416 e. The van der Waals surface area contributed by atoms with E-state index >= 15 is 0 Å². The van der Waals surface area contributed by atoms with Gasteiger partial charge in [0.25, 0.3) is 0 Å². The molecule has 7 heteroatoms. The second kappa shape index (κ2) is 7.21. The minimum absolute atomic E-state index is 0.0147. The molecule has 1 amide bonds. The van der Waals surface area contributed by atoms with Crippen LogP contribution in [-0.4, -0.2) is 25.2 Å². The molecule has 0 aromatic heterocycles. The Morgan fingerprint density at radius 1 is 1.43 bits per heavy atom. The molecule has 23 heavy (non-hydrogen) atoms. The van der Waals surface area contributed by atoms with Gasteiger partial charge in [-0.25, -0.2) is 0 Å². The zero-order valence-corrected chi connectivity index (χ0v) is 13.1. The summed E-state index contributed by atoms with van der Waals surface area (Å²) in [4.78, 5) is 11.9. The molecular formula is C16H20F3NO3. The van der Waals surface area contributed by atoms with Crippen molar-refractivity contribution in [1.29, 1.82) is 0 Å². The lowest BCUT2D eigenvalue weighted by molar-refractivity contribution is -0.138. The van der Waals surface area contributed by atoms with E-state index in [4.69, 9.17) is 9.47 Å². The summed E-state index contributed by atoms with van der Waals surface area (Å²) >= 11 is 0. The number of halogens is 3. The van der Waals surface area contributed by atoms with Crippen LogP contribution in [0.4, 0.5) is 13.2 Å². The fourth-order valence-corrected chi connectivity index (χ4v) is 2.39. The lowest BCUT2D eigenvalue weighted by Crippen LogP contribution is -2.31. The molecule has 0 radical (unpaired) electrons. The second-order valence-corrected chi connectivity index (χ2v) is 5.76. The molecule has 1 aromatic rings. The Balaban J connectivity index is 2.11. The number of benzene rings is 1. The zero-order chi connectivity index (χ0) is 17.0. The van der Waals surface area contributed by atoms with E-state index < -0.39 is 11.7 Å². The van der Waals surface area contributed by atoms with Gasteiger partial charge in [0.05, 0.1) is 24.2 Å². The number of hydrogen-bond donors (Lipinski definition) is 1. The monoisotopic (exact) mass is 331 g/mol. The van der Waals surface area contributed by atoms with Crippen LogP contribution in [0.15, 0.2) is 18.2 Å². The number of nitrogens with one attached hydrogen (secondary N) is 1. The highest BCUT2D eigenvalue weighted by Gasteiger charge is 2.34. The Morgan fingerprint density at radius 2 is 2.17 bits per heavy atom. The van der Waals surface area contributed by atoms with E-state index in [9.17, 15) is 18.0 Å². The van der Waals surface area contributed by atoms with Crippen molar-refractivity contribution in [3.05, 3.63) is 29.3 Å². The van der Waals surface area contributed by atoms with Crippen LogP contribution in [-0.2, 0) is 22.3 Å². The molecule has 1 heterocycles. The normalized spacial score (nSPS) is 18.3. The standard InChI is InChI=1S/C16H20F3NO3/c1-10(2)23-13-4-3-11(14(7-13)16(17,18)19)8-20-15(21)12-5-6-22-9-12/h3-4,7,10,12H,5-6,8-9H2,1-2H3,(H,20,21). The Kier molecular flexibility index (Phi) is 5.51. The number of alkyl halides is 3. The lowest BCUT2D eigenvalue weighted by Gasteiger charge is -2.17. The first-order chi connectivity index (χ1) is 10.8. The molecule has 0 aliphatic carbocycles. The van der Waals surface area contributed by atoms with Crippen LogP contribution in [0.5, 0.6) is 5.75 Å². The molecule has 1 saturated heterocycles. The van der Waals surface area contributed by atoms with Gasteiger partial charge in [-0.15, -0.1) is 0 Å². The van der Waals surface area contributed by atoms with E-state index in [1.165, 1.54) is 12.1 Å². The van der Waals surface area contributed by atoms with Crippen molar-refractivity contribution in [1.82, 2.24) is 5.32 Å². The number of amides is 1. The molecule has 1 unspecified atom stereocenters. The van der Waals surface area contributed by atoms with Crippen molar-refractivity contribution in [2.45, 2.75) is 39.1 Å². The predicted octanol–water partition coefficient (Wildman–Crippen LogP) is 3.15. The minimum Gasteiger partial charge on any atom is -0.491 e. The average molecular weight is 331 g/mol. The molecule has 1 aliphatic heterocycles. The van der Waals surface area contributed by atoms with Crippen LogP contribution in [0.25, 0.3) is 0 Å². The second-order valence-electron chi connectivity index (χ2n) is 5.76. The van der Waals surface area contributed by atoms with E-state index in [0.717, 1.165) is 6.07 Å². The number of carbonyl (C=O) groups is 1. The van der Waals surface area contributed by atoms with Crippen molar-refractivity contribution in [3.8, 4) is 5.75 Å². The van der Waals surface area contributed by atoms with Gasteiger partial charge in [0.15, 0.2) is 0 Å². The average Bonchev–Trinajstić information content (AvgIpc) is 2.98. The van der Waals surface area contributed by atoms with Crippen molar-refractivity contribution < 1.29 is 27.4 Å². The maximum Gasteiger partial charge on any atom is 0.416 e. The highest BCUT2D eigenvalue weighted by Crippen LogP contribution is 2.34. The van der Waals surface area contributed by atoms with Crippen LogP contribution in [0.3, 0.4) is 0 Å². The largest absolute Gasteiger partial charge is 0.491 e. The van der Waals surface area contributed by atoms with Crippen molar-refractivity contribution >= 4 is 5.91 Å². The molecule has 0 bridgehead atoms. The molecule has 1 atom stereocenters. The van der Waals surface area contributed by atoms with Crippen molar-refractivity contribution in [3.63, 3.8) is 0 Å². The van der Waals surface area contributed by atoms with Gasteiger partial charge < -0.3 is 14.8 Å². The molecule has 1 N–H and O–H groups in total. The topological polar surface area (TPSA) is 47.6 Å². The van der Waals surface area contributed by atoms with E-state index in [0.29, 0.717) is 19.6 Å². The molecule has 2 rings (SSSR count). The fourth-order valence-electron chi connectivity index (χ4n) is 2.39. The molecule has 4 nitrogen and oxygen atoms in total. The Hall–Kier alpha value is -1.76. The third-order valence-corrected chi connectivity index (χ3v) is 3.51. The van der Waals surface area contributed by atoms with Gasteiger partial charge >= 0.3 is 6.18 Å². The van der Waals surface area contributed by atoms with E-state index in [1.807, 2.05) is 0 Å². The summed E-state index contributed by atoms with van der Waals surface area (Å²) < 4.78 is 50.0. The molecule has 0 spiro atoms. The Labute approximate surface area is 133 Å². The summed E-state index contributed by atoms with van der Waals surface area (Å²) in [7, 11) is 0. The maximum absolute atomic E-state index is 13.2. The first kappa shape index (κ1) is 17.6. The molecule has 1 aromatic carbocycles. The highest BCUT2D eigenvalue weighted by atomic mass is 19.4. The Bertz CT molecular complexity index is 552. The summed E-state index contributed by atoms with van der Waals surface area (Å²) in [6, 6.07) is 3.79. The molecule has 1 fully saturated rings. The third kappa shape index (κ3) is 4.86. The van der Waals surface area contributed by atoms with Gasteiger partial charge in [-0.3, -0.25) is 4.79 Å². The number of rotatable bonds is 5. The van der Waals surface area contributed by atoms with Crippen LogP contribution < -0.4 is 10.1 Å². The fraction of sp³-hybridized carbons (Fsp3) is 0.562. The van der Waals surface area contributed by atoms with Gasteiger partial charge in [-0.1, -0.05) is 6.07 Å². The zero-order valence-electron chi connectivity index (χ0n) is 13.1. The first-order valence-electron chi connectivity index (χ1n) is 7.49. The summed E-state index contributed by atoms with van der Waals surface area (Å²) in [5, 5.41) is 2.55. The van der Waals surface area contributed by atoms with Gasteiger partial charge in [0.1, 0.15) is 5.75 Å². The number of ether oxygens (including phenoxy) is 2. The van der Waals surface area contributed by atoms with E-state index in [1.54, 1.807) is 13.8 Å². The summed E-state index contributed by atoms with van der Waals surface area (Å²) in [6.07, 6.45) is -4.13. The third-order valence-electron chi connectivity index (χ3n) is 3.51. The van der Waals surface area contributed by atoms with Crippen LogP contribution in [0.2, 0.25) is 0 Å². The summed E-state index contributed by atoms with van der Waals surface area (Å²) in [5.74, 6) is -0.405. The van der Waals surface area contributed by atoms with Gasteiger partial charge in [0.2, 0.25) is 5.91 Å². The first-order valence-corrected chi connectivity index (χ1v) is 7.49. The van der Waals surface area contributed by atoms with Crippen LogP contribution >= 0.6 is 0 Å². The molecule has 0 saturated carbocycles. The van der Waals surface area contributed by atoms with Gasteiger partial charge in [-0.05, 0) is 38.0 Å². The van der Waals surface area contributed by atoms with Gasteiger partial charge in [-0.2, -0.15) is 13.2 Å². The minimum atomic E-state index is -4.51. The molecule has 128 valence electrons. The summed E-state index contributed by atoms with van der Waals surface area (Å²) in [5.41, 5.74) is -0.778. The van der Waals surface area contributed by atoms with Crippen LogP contribution in [0.1, 0.15) is 31.4 Å². The SMILES string of the molecule is CC(C)Oc1ccc(CNC(=O)C2CCOC2)c(C(F)(F)F)c1. The Morgan fingerprint density at radius 3 is 2.74 bits per heavy atom. The van der Waals surface area contributed by atoms with Crippen LogP contribution in [0, 0.1) is 5.92 Å². The highest BCUT2D eigenvalue weighted by molar-refractivity contribution is 5.79. The molecular weight excluding hydrogens is 311 g/mol. The number of carbonyl (C=O) groups excluding carboxylic acids is 1. The van der Waals surface area contributed by atoms with Gasteiger partial charge in [0, 0.05) is 13.2 Å². The van der Waals surface area contributed by atoms with Crippen molar-refractivity contribution in [2.24, 2.45) is 5.92 Å². The van der Waals surface area contributed by atoms with E-state index in [-0.39, 0.29) is 35.8 Å². The number of hydrogen-bond acceptors (Lipinski definition) is 3. The maximum atomic E-state index is 13.2. The lowest BCUT2D eigenvalue weighted by atomic mass is 10.1. The van der Waals surface area contributed by atoms with Crippen molar-refractivity contribution in [2.75, 3.05) is 13.2 Å².